The van der Waals surface area contributed by atoms with Gasteiger partial charge in [0.15, 0.2) is 11.5 Å². The third-order valence-electron chi connectivity index (χ3n) is 5.73. The fourth-order valence-corrected chi connectivity index (χ4v) is 4.88. The topological polar surface area (TPSA) is 106 Å². The lowest BCUT2D eigenvalue weighted by molar-refractivity contribution is 0.0570. The minimum Gasteiger partial charge on any atom is -0.493 e. The van der Waals surface area contributed by atoms with Crippen molar-refractivity contribution in [2.75, 3.05) is 57.6 Å². The molecule has 12 heteroatoms. The van der Waals surface area contributed by atoms with Gasteiger partial charge in [-0.2, -0.15) is 0 Å². The number of sulfonamides is 1. The summed E-state index contributed by atoms with van der Waals surface area (Å²) in [5.41, 5.74) is 0.973. The first kappa shape index (κ1) is 27.4. The number of benzene rings is 2. The van der Waals surface area contributed by atoms with Gasteiger partial charge in [-0.1, -0.05) is 23.7 Å². The molecule has 0 bridgehead atoms. The molecule has 196 valence electrons. The van der Waals surface area contributed by atoms with Gasteiger partial charge >= 0.3 is 6.09 Å². The summed E-state index contributed by atoms with van der Waals surface area (Å²) in [7, 11) is -0.951. The van der Waals surface area contributed by atoms with Crippen LogP contribution in [-0.2, 0) is 21.3 Å². The molecule has 0 radical (unpaired) electrons. The van der Waals surface area contributed by atoms with Gasteiger partial charge in [0, 0.05) is 37.3 Å². The van der Waals surface area contributed by atoms with Crippen LogP contribution in [0.15, 0.2) is 36.4 Å². The Morgan fingerprint density at radius 3 is 2.06 bits per heavy atom. The van der Waals surface area contributed by atoms with E-state index in [1.807, 2.05) is 0 Å². The van der Waals surface area contributed by atoms with Crippen LogP contribution in [0, 0.1) is 0 Å². The summed E-state index contributed by atoms with van der Waals surface area (Å²) in [6, 6.07) is 9.74. The maximum atomic E-state index is 13.7. The molecule has 1 heterocycles. The van der Waals surface area contributed by atoms with Crippen LogP contribution in [0.5, 0.6) is 11.5 Å². The third-order valence-corrected chi connectivity index (χ3v) is 7.11. The molecule has 1 aliphatic heterocycles. The van der Waals surface area contributed by atoms with Crippen molar-refractivity contribution in [3.8, 4) is 11.5 Å². The fourth-order valence-electron chi connectivity index (χ4n) is 3.86. The molecule has 1 fully saturated rings. The Hall–Kier alpha value is -3.18. The van der Waals surface area contributed by atoms with Crippen molar-refractivity contribution < 1.29 is 32.2 Å². The number of anilines is 1. The van der Waals surface area contributed by atoms with E-state index in [0.29, 0.717) is 23.7 Å². The second-order valence-corrected chi connectivity index (χ2v) is 10.4. The van der Waals surface area contributed by atoms with E-state index in [1.54, 1.807) is 36.1 Å². The monoisotopic (exact) mass is 539 g/mol. The van der Waals surface area contributed by atoms with Gasteiger partial charge in [0.05, 0.1) is 44.9 Å². The first-order valence-corrected chi connectivity index (χ1v) is 13.5. The molecule has 2 aromatic rings. The Morgan fingerprint density at radius 1 is 0.972 bits per heavy atom. The first-order chi connectivity index (χ1) is 17.1. The summed E-state index contributed by atoms with van der Waals surface area (Å²) < 4.78 is 42.9. The molecule has 0 atom stereocenters. The molecule has 36 heavy (non-hydrogen) atoms. The molecule has 0 aromatic heterocycles. The van der Waals surface area contributed by atoms with Crippen molar-refractivity contribution in [1.82, 2.24) is 9.80 Å². The summed E-state index contributed by atoms with van der Waals surface area (Å²) >= 11 is 5.98. The zero-order chi connectivity index (χ0) is 26.5. The average Bonchev–Trinajstić information content (AvgIpc) is 2.86. The molecule has 0 saturated carbocycles. The Kier molecular flexibility index (Phi) is 8.91. The highest BCUT2D eigenvalue weighted by Crippen LogP contribution is 2.37. The van der Waals surface area contributed by atoms with Crippen LogP contribution in [0.25, 0.3) is 0 Å². The smallest absolute Gasteiger partial charge is 0.409 e. The van der Waals surface area contributed by atoms with Gasteiger partial charge in [-0.05, 0) is 30.7 Å². The van der Waals surface area contributed by atoms with Crippen molar-refractivity contribution in [2.24, 2.45) is 0 Å². The highest BCUT2D eigenvalue weighted by atomic mass is 35.5. The van der Waals surface area contributed by atoms with Crippen LogP contribution in [0.4, 0.5) is 10.5 Å². The van der Waals surface area contributed by atoms with E-state index in [1.165, 1.54) is 31.3 Å². The summed E-state index contributed by atoms with van der Waals surface area (Å²) in [5, 5.41) is 0.522. The van der Waals surface area contributed by atoms with E-state index >= 15 is 0 Å². The maximum absolute atomic E-state index is 13.7. The Morgan fingerprint density at radius 2 is 1.53 bits per heavy atom. The molecule has 10 nitrogen and oxygen atoms in total. The molecular weight excluding hydrogens is 510 g/mol. The molecule has 3 rings (SSSR count). The SMILES string of the molecule is CCOC(=O)N1CCN(C(=O)c2cc(OC)c(OC)cc2N(Cc2ccc(Cl)cc2)S(C)(=O)=O)CC1. The molecule has 2 aromatic carbocycles. The van der Waals surface area contributed by atoms with E-state index < -0.39 is 16.1 Å². The highest BCUT2D eigenvalue weighted by Gasteiger charge is 2.31. The number of ether oxygens (including phenoxy) is 3. The number of halogens is 1. The number of methoxy groups -OCH3 is 2. The average molecular weight is 540 g/mol. The number of hydrogen-bond donors (Lipinski definition) is 0. The van der Waals surface area contributed by atoms with Crippen molar-refractivity contribution in [2.45, 2.75) is 13.5 Å². The van der Waals surface area contributed by atoms with E-state index in [4.69, 9.17) is 25.8 Å². The van der Waals surface area contributed by atoms with Gasteiger partial charge in [-0.3, -0.25) is 9.10 Å². The van der Waals surface area contributed by atoms with Crippen molar-refractivity contribution in [3.05, 3.63) is 52.5 Å². The number of hydrogen-bond acceptors (Lipinski definition) is 7. The lowest BCUT2D eigenvalue weighted by atomic mass is 10.1. The molecule has 1 saturated heterocycles. The lowest BCUT2D eigenvalue weighted by Crippen LogP contribution is -2.51. The van der Waals surface area contributed by atoms with Crippen LogP contribution < -0.4 is 13.8 Å². The zero-order valence-electron chi connectivity index (χ0n) is 20.7. The standard InChI is InChI=1S/C24H30ClN3O7S/c1-5-35-24(30)27-12-10-26(11-13-27)23(29)19-14-21(33-2)22(34-3)15-20(19)28(36(4,31)32)16-17-6-8-18(25)9-7-17/h6-9,14-15H,5,10-13,16H2,1-4H3. The fraction of sp³-hybridized carbons (Fsp3) is 0.417. The second kappa shape index (κ2) is 11.7. The van der Waals surface area contributed by atoms with Crippen LogP contribution in [0.1, 0.15) is 22.8 Å². The summed E-state index contributed by atoms with van der Waals surface area (Å²) in [6.45, 7) is 3.10. The van der Waals surface area contributed by atoms with Crippen LogP contribution in [0.3, 0.4) is 0 Å². The second-order valence-electron chi connectivity index (χ2n) is 8.10. The molecule has 2 amide bonds. The molecule has 1 aliphatic rings. The number of amides is 2. The van der Waals surface area contributed by atoms with Crippen molar-refractivity contribution in [1.29, 1.82) is 0 Å². The van der Waals surface area contributed by atoms with Gasteiger partial charge in [0.2, 0.25) is 10.0 Å². The van der Waals surface area contributed by atoms with Crippen LogP contribution in [0.2, 0.25) is 5.02 Å². The largest absolute Gasteiger partial charge is 0.493 e. The Bertz CT molecular complexity index is 1200. The predicted octanol–water partition coefficient (Wildman–Crippen LogP) is 3.24. The molecule has 0 spiro atoms. The Labute approximate surface area is 216 Å². The van der Waals surface area contributed by atoms with Crippen molar-refractivity contribution >= 4 is 39.3 Å². The van der Waals surface area contributed by atoms with Crippen molar-refractivity contribution in [3.63, 3.8) is 0 Å². The van der Waals surface area contributed by atoms with Gasteiger partial charge in [0.1, 0.15) is 0 Å². The summed E-state index contributed by atoms with van der Waals surface area (Å²) in [5.74, 6) is 0.176. The molecular formula is C24H30ClN3O7S. The van der Waals surface area contributed by atoms with Crippen LogP contribution in [-0.4, -0.2) is 83.5 Å². The number of carbonyl (C=O) groups excluding carboxylic acids is 2. The predicted molar refractivity (Wildman–Crippen MR) is 137 cm³/mol. The number of piperazine rings is 1. The first-order valence-electron chi connectivity index (χ1n) is 11.3. The minimum atomic E-state index is -3.82. The van der Waals surface area contributed by atoms with E-state index in [-0.39, 0.29) is 54.9 Å². The van der Waals surface area contributed by atoms with Gasteiger partial charge in [0.25, 0.3) is 5.91 Å². The number of nitrogens with zero attached hydrogens (tertiary/aromatic N) is 3. The zero-order valence-corrected chi connectivity index (χ0v) is 22.3. The number of carbonyl (C=O) groups is 2. The minimum absolute atomic E-state index is 0.0254. The summed E-state index contributed by atoms with van der Waals surface area (Å²) in [4.78, 5) is 28.8. The van der Waals surface area contributed by atoms with Gasteiger partial charge in [-0.25, -0.2) is 13.2 Å². The van der Waals surface area contributed by atoms with E-state index in [2.05, 4.69) is 0 Å². The molecule has 0 unspecified atom stereocenters. The van der Waals surface area contributed by atoms with Gasteiger partial charge in [-0.15, -0.1) is 0 Å². The van der Waals surface area contributed by atoms with Gasteiger partial charge < -0.3 is 24.0 Å². The third kappa shape index (κ3) is 6.33. The Balaban J connectivity index is 2.01. The molecule has 0 aliphatic carbocycles. The van der Waals surface area contributed by atoms with Crippen LogP contribution >= 0.6 is 11.6 Å². The normalized spacial score (nSPS) is 13.8. The maximum Gasteiger partial charge on any atom is 0.409 e. The summed E-state index contributed by atoms with van der Waals surface area (Å²) in [6.07, 6.45) is 0.647. The van der Waals surface area contributed by atoms with E-state index in [9.17, 15) is 18.0 Å². The highest BCUT2D eigenvalue weighted by molar-refractivity contribution is 7.92. The quantitative estimate of drug-likeness (QED) is 0.507. The van der Waals surface area contributed by atoms with E-state index in [0.717, 1.165) is 10.6 Å². The number of rotatable bonds is 8. The lowest BCUT2D eigenvalue weighted by Gasteiger charge is -2.35. The molecule has 0 N–H and O–H groups in total.